The Kier molecular flexibility index (Phi) is 4.45. The molecule has 1 atom stereocenters. The van der Waals surface area contributed by atoms with Gasteiger partial charge in [-0.25, -0.2) is 18.7 Å². The zero-order valence-electron chi connectivity index (χ0n) is 12.4. The first-order chi connectivity index (χ1) is 11.1. The maximum Gasteiger partial charge on any atom is 0.254 e. The van der Waals surface area contributed by atoms with Gasteiger partial charge in [-0.3, -0.25) is 4.79 Å². The molecular weight excluding hydrogens is 302 g/mol. The molecule has 1 aliphatic rings. The number of anilines is 1. The highest BCUT2D eigenvalue weighted by atomic mass is 19.1. The summed E-state index contributed by atoms with van der Waals surface area (Å²) in [6.45, 7) is 1.13. The number of nitrogens with zero attached hydrogens (tertiary/aromatic N) is 3. The van der Waals surface area contributed by atoms with Crippen molar-refractivity contribution in [1.82, 2.24) is 15.3 Å². The van der Waals surface area contributed by atoms with Crippen molar-refractivity contribution in [3.05, 3.63) is 53.9 Å². The average molecular weight is 318 g/mol. The van der Waals surface area contributed by atoms with Gasteiger partial charge in [-0.05, 0) is 37.1 Å². The van der Waals surface area contributed by atoms with E-state index in [2.05, 4.69) is 15.3 Å². The van der Waals surface area contributed by atoms with Crippen LogP contribution in [-0.2, 0) is 0 Å². The van der Waals surface area contributed by atoms with Crippen LogP contribution in [0.15, 0.2) is 36.7 Å². The molecule has 23 heavy (non-hydrogen) atoms. The van der Waals surface area contributed by atoms with E-state index in [9.17, 15) is 13.6 Å². The Labute approximate surface area is 132 Å². The lowest BCUT2D eigenvalue weighted by molar-refractivity contribution is 0.0946. The number of aromatic nitrogens is 2. The molecule has 0 bridgehead atoms. The largest absolute Gasteiger partial charge is 0.350 e. The first kappa shape index (κ1) is 15.3. The molecule has 1 aromatic carbocycles. The van der Waals surface area contributed by atoms with Gasteiger partial charge in [-0.1, -0.05) is 0 Å². The SMILES string of the molecule is O=C(NCC1CCCN1c1ncccn1)c1cc(F)ccc1F. The molecule has 1 unspecified atom stereocenters. The zero-order valence-corrected chi connectivity index (χ0v) is 12.4. The fourth-order valence-electron chi connectivity index (χ4n) is 2.73. The van der Waals surface area contributed by atoms with Gasteiger partial charge in [-0.2, -0.15) is 0 Å². The van der Waals surface area contributed by atoms with Crippen LogP contribution in [0.1, 0.15) is 23.2 Å². The van der Waals surface area contributed by atoms with Gasteiger partial charge in [0.15, 0.2) is 0 Å². The molecule has 0 radical (unpaired) electrons. The predicted molar refractivity (Wildman–Crippen MR) is 81.1 cm³/mol. The summed E-state index contributed by atoms with van der Waals surface area (Å²) >= 11 is 0. The minimum absolute atomic E-state index is 0.0398. The Morgan fingerprint density at radius 3 is 2.87 bits per heavy atom. The molecule has 1 aliphatic heterocycles. The van der Waals surface area contributed by atoms with Crippen LogP contribution in [0.25, 0.3) is 0 Å². The number of carbonyl (C=O) groups is 1. The van der Waals surface area contributed by atoms with Crippen LogP contribution >= 0.6 is 0 Å². The summed E-state index contributed by atoms with van der Waals surface area (Å²) in [7, 11) is 0. The van der Waals surface area contributed by atoms with Crippen molar-refractivity contribution in [2.45, 2.75) is 18.9 Å². The van der Waals surface area contributed by atoms with Crippen LogP contribution in [0.2, 0.25) is 0 Å². The summed E-state index contributed by atoms with van der Waals surface area (Å²) in [4.78, 5) is 22.5. The Balaban J connectivity index is 1.65. The minimum atomic E-state index is -0.737. The van der Waals surface area contributed by atoms with Crippen LogP contribution in [0.4, 0.5) is 14.7 Å². The third kappa shape index (κ3) is 3.44. The number of nitrogens with one attached hydrogen (secondary N) is 1. The Hall–Kier alpha value is -2.57. The van der Waals surface area contributed by atoms with Gasteiger partial charge in [-0.15, -0.1) is 0 Å². The lowest BCUT2D eigenvalue weighted by Crippen LogP contribution is -2.41. The van der Waals surface area contributed by atoms with Crippen LogP contribution in [0.5, 0.6) is 0 Å². The first-order valence-corrected chi connectivity index (χ1v) is 7.42. The Morgan fingerprint density at radius 2 is 2.09 bits per heavy atom. The van der Waals surface area contributed by atoms with Crippen molar-refractivity contribution in [2.75, 3.05) is 18.0 Å². The van der Waals surface area contributed by atoms with Gasteiger partial charge >= 0.3 is 0 Å². The van der Waals surface area contributed by atoms with E-state index in [1.807, 2.05) is 4.90 Å². The fraction of sp³-hybridized carbons (Fsp3) is 0.312. The summed E-state index contributed by atoms with van der Waals surface area (Å²) in [5.74, 6) is -1.39. The number of benzene rings is 1. The first-order valence-electron chi connectivity index (χ1n) is 7.42. The number of hydrogen-bond acceptors (Lipinski definition) is 4. The van der Waals surface area contributed by atoms with Crippen LogP contribution in [0.3, 0.4) is 0 Å². The highest BCUT2D eigenvalue weighted by molar-refractivity contribution is 5.94. The van der Waals surface area contributed by atoms with Gasteiger partial charge in [0.2, 0.25) is 5.95 Å². The van der Waals surface area contributed by atoms with Crippen molar-refractivity contribution >= 4 is 11.9 Å². The van der Waals surface area contributed by atoms with Crippen molar-refractivity contribution in [3.63, 3.8) is 0 Å². The van der Waals surface area contributed by atoms with Crippen molar-refractivity contribution in [3.8, 4) is 0 Å². The number of rotatable bonds is 4. The lowest BCUT2D eigenvalue weighted by atomic mass is 10.1. The topological polar surface area (TPSA) is 58.1 Å². The smallest absolute Gasteiger partial charge is 0.254 e. The maximum absolute atomic E-state index is 13.6. The van der Waals surface area contributed by atoms with E-state index in [4.69, 9.17) is 0 Å². The lowest BCUT2D eigenvalue weighted by Gasteiger charge is -2.24. The molecule has 3 rings (SSSR count). The summed E-state index contributed by atoms with van der Waals surface area (Å²) in [5, 5.41) is 2.67. The second-order valence-corrected chi connectivity index (χ2v) is 5.37. The van der Waals surface area contributed by atoms with Gasteiger partial charge < -0.3 is 10.2 Å². The Morgan fingerprint density at radius 1 is 1.30 bits per heavy atom. The molecule has 1 aromatic heterocycles. The van der Waals surface area contributed by atoms with E-state index in [0.29, 0.717) is 12.5 Å². The predicted octanol–water partition coefficient (Wildman–Crippen LogP) is 2.15. The molecule has 1 amide bonds. The molecule has 0 aliphatic carbocycles. The summed E-state index contributed by atoms with van der Waals surface area (Å²) in [6, 6.07) is 4.61. The van der Waals surface area contributed by atoms with Gasteiger partial charge in [0.1, 0.15) is 11.6 Å². The van der Waals surface area contributed by atoms with Gasteiger partial charge in [0.25, 0.3) is 5.91 Å². The standard InChI is InChI=1S/C16H16F2N4O/c17-11-4-5-14(18)13(9-11)15(23)21-10-12-3-1-8-22(12)16-19-6-2-7-20-16/h2,4-7,9,12H,1,3,8,10H2,(H,21,23). The number of amides is 1. The number of hydrogen-bond donors (Lipinski definition) is 1. The fourth-order valence-corrected chi connectivity index (χ4v) is 2.73. The normalized spacial score (nSPS) is 17.3. The van der Waals surface area contributed by atoms with E-state index in [1.54, 1.807) is 18.5 Å². The van der Waals surface area contributed by atoms with Crippen molar-refractivity contribution in [2.24, 2.45) is 0 Å². The second-order valence-electron chi connectivity index (χ2n) is 5.37. The number of carbonyl (C=O) groups excluding carboxylic acids is 1. The van der Waals surface area contributed by atoms with Crippen LogP contribution in [0, 0.1) is 11.6 Å². The van der Waals surface area contributed by atoms with Crippen molar-refractivity contribution in [1.29, 1.82) is 0 Å². The molecular formula is C16H16F2N4O. The van der Waals surface area contributed by atoms with Gasteiger partial charge in [0.05, 0.1) is 5.56 Å². The van der Waals surface area contributed by atoms with E-state index in [0.717, 1.165) is 37.6 Å². The maximum atomic E-state index is 13.6. The molecule has 0 saturated carbocycles. The minimum Gasteiger partial charge on any atom is -0.350 e. The monoisotopic (exact) mass is 318 g/mol. The van der Waals surface area contributed by atoms with Crippen LogP contribution in [-0.4, -0.2) is 35.0 Å². The van der Waals surface area contributed by atoms with Crippen LogP contribution < -0.4 is 10.2 Å². The molecule has 120 valence electrons. The summed E-state index contributed by atoms with van der Waals surface area (Å²) in [6.07, 6.45) is 5.17. The van der Waals surface area contributed by atoms with E-state index >= 15 is 0 Å². The molecule has 1 saturated heterocycles. The molecule has 7 heteroatoms. The average Bonchev–Trinajstić information content (AvgIpc) is 3.04. The molecule has 2 heterocycles. The van der Waals surface area contributed by atoms with Crippen molar-refractivity contribution < 1.29 is 13.6 Å². The third-order valence-corrected chi connectivity index (χ3v) is 3.86. The molecule has 5 nitrogen and oxygen atoms in total. The third-order valence-electron chi connectivity index (χ3n) is 3.86. The second kappa shape index (κ2) is 6.68. The molecule has 1 N–H and O–H groups in total. The van der Waals surface area contributed by atoms with E-state index in [1.165, 1.54) is 0 Å². The van der Waals surface area contributed by atoms with E-state index in [-0.39, 0.29) is 11.6 Å². The Bertz CT molecular complexity index is 696. The summed E-state index contributed by atoms with van der Waals surface area (Å²) in [5.41, 5.74) is -0.287. The number of halogens is 2. The highest BCUT2D eigenvalue weighted by Gasteiger charge is 2.27. The quantitative estimate of drug-likeness (QED) is 0.938. The van der Waals surface area contributed by atoms with Gasteiger partial charge in [0, 0.05) is 31.5 Å². The molecule has 1 fully saturated rings. The molecule has 0 spiro atoms. The zero-order chi connectivity index (χ0) is 16.2. The summed E-state index contributed by atoms with van der Waals surface area (Å²) < 4.78 is 26.8. The van der Waals surface area contributed by atoms with E-state index < -0.39 is 17.5 Å². The molecule has 2 aromatic rings. The highest BCUT2D eigenvalue weighted by Crippen LogP contribution is 2.21.